The quantitative estimate of drug-likeness (QED) is 0.863. The van der Waals surface area contributed by atoms with Gasteiger partial charge in [0.25, 0.3) is 5.91 Å². The highest BCUT2D eigenvalue weighted by atomic mass is 35.5. The fraction of sp³-hybridized carbons (Fsp3) is 0.632. The molecule has 1 aromatic rings. The van der Waals surface area contributed by atoms with Crippen LogP contribution in [-0.4, -0.2) is 67.1 Å². The molecule has 3 saturated heterocycles. The van der Waals surface area contributed by atoms with Crippen LogP contribution >= 0.6 is 11.6 Å². The summed E-state index contributed by atoms with van der Waals surface area (Å²) in [5.74, 6) is 0.0646. The van der Waals surface area contributed by atoms with Gasteiger partial charge in [-0.1, -0.05) is 11.6 Å². The molecule has 0 unspecified atom stereocenters. The summed E-state index contributed by atoms with van der Waals surface area (Å²) in [4.78, 5) is 17.0. The Kier molecular flexibility index (Phi) is 5.15. The molecule has 1 amide bonds. The molecule has 0 aromatic heterocycles. The molecule has 1 aromatic carbocycles. The lowest BCUT2D eigenvalue weighted by Gasteiger charge is -2.46. The highest BCUT2D eigenvalue weighted by Gasteiger charge is 2.32. The van der Waals surface area contributed by atoms with Gasteiger partial charge in [-0.2, -0.15) is 0 Å². The molecule has 0 bridgehead atoms. The van der Waals surface area contributed by atoms with Crippen molar-refractivity contribution in [1.82, 2.24) is 15.1 Å². The summed E-state index contributed by atoms with van der Waals surface area (Å²) in [6.07, 6.45) is 4.70. The van der Waals surface area contributed by atoms with Gasteiger partial charge in [-0.05, 0) is 57.0 Å². The van der Waals surface area contributed by atoms with E-state index in [2.05, 4.69) is 15.5 Å². The van der Waals surface area contributed by atoms with Gasteiger partial charge in [0, 0.05) is 37.9 Å². The fourth-order valence-corrected chi connectivity index (χ4v) is 4.44. The zero-order valence-electron chi connectivity index (χ0n) is 14.6. The number of anilines is 1. The van der Waals surface area contributed by atoms with Crippen molar-refractivity contribution >= 4 is 23.2 Å². The van der Waals surface area contributed by atoms with E-state index in [1.54, 1.807) is 0 Å². The summed E-state index contributed by atoms with van der Waals surface area (Å²) in [6, 6.07) is 6.98. The molecular weight excluding hydrogens is 336 g/mol. The van der Waals surface area contributed by atoms with Crippen LogP contribution < -0.4 is 10.6 Å². The van der Waals surface area contributed by atoms with Crippen molar-refractivity contribution < 1.29 is 4.79 Å². The third kappa shape index (κ3) is 3.78. The minimum absolute atomic E-state index is 0.0646. The number of carbonyl (C=O) groups is 1. The first kappa shape index (κ1) is 17.1. The Hall–Kier alpha value is -1.30. The molecule has 0 atom stereocenters. The zero-order valence-corrected chi connectivity index (χ0v) is 15.4. The molecule has 136 valence electrons. The van der Waals surface area contributed by atoms with Crippen LogP contribution in [0.2, 0.25) is 5.02 Å². The number of nitrogens with zero attached hydrogens (tertiary/aromatic N) is 2. The van der Waals surface area contributed by atoms with Crippen LogP contribution in [0.4, 0.5) is 5.69 Å². The number of carbonyl (C=O) groups excluding carboxylic acids is 1. The number of rotatable bonds is 4. The molecule has 0 aliphatic carbocycles. The van der Waals surface area contributed by atoms with Crippen LogP contribution in [0.5, 0.6) is 0 Å². The normalized spacial score (nSPS) is 22.8. The molecule has 3 aliphatic heterocycles. The van der Waals surface area contributed by atoms with Crippen LogP contribution in [0.25, 0.3) is 0 Å². The summed E-state index contributed by atoms with van der Waals surface area (Å²) >= 11 is 6.39. The Balaban J connectivity index is 1.31. The number of hydrogen-bond donors (Lipinski definition) is 2. The Labute approximate surface area is 154 Å². The smallest absolute Gasteiger partial charge is 0.255 e. The standard InChI is InChI=1S/C19H27ClN4O/c20-18-11-14(3-4-17(18)19(25)23-9-1-2-10-23)22-15-12-24(13-15)16-5-7-21-8-6-16/h3-4,11,15-16,21-22H,1-2,5-10,12-13H2. The van der Waals surface area contributed by atoms with Crippen molar-refractivity contribution in [3.8, 4) is 0 Å². The van der Waals surface area contributed by atoms with Gasteiger partial charge in [0.15, 0.2) is 0 Å². The van der Waals surface area contributed by atoms with Gasteiger partial charge < -0.3 is 15.5 Å². The van der Waals surface area contributed by atoms with E-state index in [0.29, 0.717) is 16.6 Å². The van der Waals surface area contributed by atoms with Crippen molar-refractivity contribution in [2.45, 2.75) is 37.8 Å². The van der Waals surface area contributed by atoms with E-state index >= 15 is 0 Å². The Morgan fingerprint density at radius 2 is 1.88 bits per heavy atom. The van der Waals surface area contributed by atoms with Gasteiger partial charge in [-0.25, -0.2) is 0 Å². The fourth-order valence-electron chi connectivity index (χ4n) is 4.18. The van der Waals surface area contributed by atoms with E-state index in [1.165, 1.54) is 12.8 Å². The maximum atomic E-state index is 12.5. The number of piperidine rings is 1. The average Bonchev–Trinajstić information content (AvgIpc) is 3.13. The lowest BCUT2D eigenvalue weighted by Crippen LogP contribution is -2.60. The van der Waals surface area contributed by atoms with Crippen LogP contribution in [0.3, 0.4) is 0 Å². The molecule has 25 heavy (non-hydrogen) atoms. The lowest BCUT2D eigenvalue weighted by molar-refractivity contribution is 0.0793. The third-order valence-electron chi connectivity index (χ3n) is 5.70. The van der Waals surface area contributed by atoms with Crippen molar-refractivity contribution in [3.63, 3.8) is 0 Å². The number of nitrogens with one attached hydrogen (secondary N) is 2. The van der Waals surface area contributed by atoms with Crippen LogP contribution in [0, 0.1) is 0 Å². The highest BCUT2D eigenvalue weighted by molar-refractivity contribution is 6.34. The zero-order chi connectivity index (χ0) is 17.2. The number of halogens is 1. The van der Waals surface area contributed by atoms with E-state index in [9.17, 15) is 4.79 Å². The first-order valence-corrected chi connectivity index (χ1v) is 9.88. The predicted octanol–water partition coefficient (Wildman–Crippen LogP) is 2.42. The molecule has 0 radical (unpaired) electrons. The molecule has 4 rings (SSSR count). The molecule has 0 saturated carbocycles. The maximum Gasteiger partial charge on any atom is 0.255 e. The molecule has 3 fully saturated rings. The first-order chi connectivity index (χ1) is 12.2. The van der Waals surface area contributed by atoms with E-state index < -0.39 is 0 Å². The topological polar surface area (TPSA) is 47.6 Å². The third-order valence-corrected chi connectivity index (χ3v) is 6.01. The predicted molar refractivity (Wildman–Crippen MR) is 101 cm³/mol. The number of amides is 1. The summed E-state index contributed by atoms with van der Waals surface area (Å²) in [5.41, 5.74) is 1.64. The second-order valence-electron chi connectivity index (χ2n) is 7.47. The Bertz CT molecular complexity index is 620. The number of benzene rings is 1. The molecule has 0 spiro atoms. The summed E-state index contributed by atoms with van der Waals surface area (Å²) in [7, 11) is 0. The van der Waals surface area contributed by atoms with Gasteiger partial charge in [-0.3, -0.25) is 9.69 Å². The maximum absolute atomic E-state index is 12.5. The molecule has 2 N–H and O–H groups in total. The largest absolute Gasteiger partial charge is 0.380 e. The van der Waals surface area contributed by atoms with Gasteiger partial charge in [-0.15, -0.1) is 0 Å². The molecule has 5 nitrogen and oxygen atoms in total. The van der Waals surface area contributed by atoms with Crippen LogP contribution in [0.1, 0.15) is 36.0 Å². The van der Waals surface area contributed by atoms with Crippen LogP contribution in [-0.2, 0) is 0 Å². The summed E-state index contributed by atoms with van der Waals surface area (Å²) in [6.45, 7) is 6.17. The minimum Gasteiger partial charge on any atom is -0.380 e. The van der Waals surface area contributed by atoms with Gasteiger partial charge in [0.2, 0.25) is 0 Å². The van der Waals surface area contributed by atoms with E-state index in [1.807, 2.05) is 23.1 Å². The van der Waals surface area contributed by atoms with Crippen molar-refractivity contribution in [2.75, 3.05) is 44.6 Å². The van der Waals surface area contributed by atoms with Gasteiger partial charge >= 0.3 is 0 Å². The minimum atomic E-state index is 0.0646. The van der Waals surface area contributed by atoms with Crippen LogP contribution in [0.15, 0.2) is 18.2 Å². The average molecular weight is 363 g/mol. The summed E-state index contributed by atoms with van der Waals surface area (Å²) < 4.78 is 0. The summed E-state index contributed by atoms with van der Waals surface area (Å²) in [5, 5.41) is 7.53. The Morgan fingerprint density at radius 3 is 2.56 bits per heavy atom. The van der Waals surface area contributed by atoms with E-state index in [-0.39, 0.29) is 5.91 Å². The number of likely N-dealkylation sites (tertiary alicyclic amines) is 2. The molecular formula is C19H27ClN4O. The number of hydrogen-bond acceptors (Lipinski definition) is 4. The second kappa shape index (κ2) is 7.52. The molecule has 3 heterocycles. The highest BCUT2D eigenvalue weighted by Crippen LogP contribution is 2.26. The SMILES string of the molecule is O=C(c1ccc(NC2CN(C3CCNCC3)C2)cc1Cl)N1CCCC1. The second-order valence-corrected chi connectivity index (χ2v) is 7.88. The monoisotopic (exact) mass is 362 g/mol. The van der Waals surface area contributed by atoms with E-state index in [4.69, 9.17) is 11.6 Å². The van der Waals surface area contributed by atoms with Gasteiger partial charge in [0.05, 0.1) is 16.6 Å². The lowest BCUT2D eigenvalue weighted by atomic mass is 9.98. The van der Waals surface area contributed by atoms with Crippen molar-refractivity contribution in [2.24, 2.45) is 0 Å². The Morgan fingerprint density at radius 1 is 1.16 bits per heavy atom. The van der Waals surface area contributed by atoms with Crippen molar-refractivity contribution in [1.29, 1.82) is 0 Å². The van der Waals surface area contributed by atoms with E-state index in [0.717, 1.165) is 63.8 Å². The van der Waals surface area contributed by atoms with Crippen molar-refractivity contribution in [3.05, 3.63) is 28.8 Å². The first-order valence-electron chi connectivity index (χ1n) is 9.51. The molecule has 3 aliphatic rings. The molecule has 6 heteroatoms. The van der Waals surface area contributed by atoms with Gasteiger partial charge in [0.1, 0.15) is 0 Å².